The Bertz CT molecular complexity index is 459. The van der Waals surface area contributed by atoms with Crippen LogP contribution in [0.1, 0.15) is 31.2 Å². The highest BCUT2D eigenvalue weighted by atomic mass is 35.5. The summed E-state index contributed by atoms with van der Waals surface area (Å²) >= 11 is 5.91. The average Bonchev–Trinajstić information content (AvgIpc) is 2.88. The van der Waals surface area contributed by atoms with Gasteiger partial charge in [-0.1, -0.05) is 36.6 Å². The van der Waals surface area contributed by atoms with Crippen molar-refractivity contribution >= 4 is 17.6 Å². The van der Waals surface area contributed by atoms with Gasteiger partial charge in [-0.3, -0.25) is 0 Å². The normalized spacial score (nSPS) is 16.9. The third-order valence-electron chi connectivity index (χ3n) is 3.83. The molecule has 0 atom stereocenters. The Morgan fingerprint density at radius 2 is 2.10 bits per heavy atom. The zero-order chi connectivity index (χ0) is 14.4. The van der Waals surface area contributed by atoms with Gasteiger partial charge in [0, 0.05) is 11.6 Å². The maximum Gasteiger partial charge on any atom is 0.315 e. The van der Waals surface area contributed by atoms with Crippen molar-refractivity contribution in [3.63, 3.8) is 0 Å². The molecule has 4 nitrogen and oxygen atoms in total. The van der Waals surface area contributed by atoms with E-state index in [9.17, 15) is 9.90 Å². The molecule has 5 heteroatoms. The molecule has 0 bridgehead atoms. The van der Waals surface area contributed by atoms with Crippen LogP contribution in [0.3, 0.4) is 0 Å². The molecule has 2 rings (SSSR count). The largest absolute Gasteiger partial charge is 0.394 e. The van der Waals surface area contributed by atoms with Crippen LogP contribution >= 0.6 is 11.6 Å². The number of benzene rings is 1. The van der Waals surface area contributed by atoms with Crippen LogP contribution in [-0.2, 0) is 6.42 Å². The van der Waals surface area contributed by atoms with Gasteiger partial charge in [-0.2, -0.15) is 0 Å². The van der Waals surface area contributed by atoms with E-state index < -0.39 is 5.54 Å². The van der Waals surface area contributed by atoms with Crippen molar-refractivity contribution in [2.45, 2.75) is 37.6 Å². The third kappa shape index (κ3) is 4.12. The molecule has 1 saturated carbocycles. The van der Waals surface area contributed by atoms with Gasteiger partial charge < -0.3 is 15.7 Å². The number of halogens is 1. The van der Waals surface area contributed by atoms with Crippen molar-refractivity contribution in [2.75, 3.05) is 13.2 Å². The van der Waals surface area contributed by atoms with Crippen molar-refractivity contribution in [3.8, 4) is 0 Å². The van der Waals surface area contributed by atoms with E-state index in [2.05, 4.69) is 10.6 Å². The van der Waals surface area contributed by atoms with Gasteiger partial charge in [0.25, 0.3) is 0 Å². The van der Waals surface area contributed by atoms with E-state index in [1.807, 2.05) is 24.3 Å². The quantitative estimate of drug-likeness (QED) is 0.782. The Morgan fingerprint density at radius 1 is 1.35 bits per heavy atom. The Kier molecular flexibility index (Phi) is 5.26. The van der Waals surface area contributed by atoms with Gasteiger partial charge in [0.15, 0.2) is 0 Å². The Morgan fingerprint density at radius 3 is 2.75 bits per heavy atom. The molecule has 0 spiro atoms. The monoisotopic (exact) mass is 296 g/mol. The number of hydrogen-bond donors (Lipinski definition) is 3. The first-order valence-electron chi connectivity index (χ1n) is 7.05. The summed E-state index contributed by atoms with van der Waals surface area (Å²) in [5, 5.41) is 15.9. The van der Waals surface area contributed by atoms with Crippen LogP contribution in [0, 0.1) is 0 Å². The van der Waals surface area contributed by atoms with Crippen molar-refractivity contribution in [1.82, 2.24) is 10.6 Å². The molecular formula is C15H21ClN2O2. The fourth-order valence-electron chi connectivity index (χ4n) is 2.67. The van der Waals surface area contributed by atoms with Crippen LogP contribution < -0.4 is 10.6 Å². The maximum atomic E-state index is 11.9. The summed E-state index contributed by atoms with van der Waals surface area (Å²) in [7, 11) is 0. The lowest BCUT2D eigenvalue weighted by Gasteiger charge is -2.27. The summed E-state index contributed by atoms with van der Waals surface area (Å²) in [6.45, 7) is 0.558. The first-order valence-corrected chi connectivity index (χ1v) is 7.43. The Hall–Kier alpha value is -1.26. The fraction of sp³-hybridized carbons (Fsp3) is 0.533. The van der Waals surface area contributed by atoms with Crippen molar-refractivity contribution in [2.24, 2.45) is 0 Å². The lowest BCUT2D eigenvalue weighted by atomic mass is 9.99. The molecule has 1 aromatic rings. The SMILES string of the molecule is O=C(NCCc1cccc(Cl)c1)NC1(CO)CCCC1. The number of urea groups is 1. The smallest absolute Gasteiger partial charge is 0.315 e. The molecule has 110 valence electrons. The van der Waals surface area contributed by atoms with Crippen molar-refractivity contribution in [1.29, 1.82) is 0 Å². The maximum absolute atomic E-state index is 11.9. The second-order valence-electron chi connectivity index (χ2n) is 5.41. The number of nitrogens with one attached hydrogen (secondary N) is 2. The van der Waals surface area contributed by atoms with Crippen LogP contribution in [0.25, 0.3) is 0 Å². The second-order valence-corrected chi connectivity index (χ2v) is 5.84. The van der Waals surface area contributed by atoms with Crippen LogP contribution in [0.5, 0.6) is 0 Å². The zero-order valence-electron chi connectivity index (χ0n) is 11.5. The molecule has 0 aliphatic heterocycles. The molecule has 3 N–H and O–H groups in total. The standard InChI is InChI=1S/C15H21ClN2O2/c16-13-5-3-4-12(10-13)6-9-17-14(20)18-15(11-19)7-1-2-8-15/h3-5,10,19H,1-2,6-9,11H2,(H2,17,18,20). The summed E-state index contributed by atoms with van der Waals surface area (Å²) in [6.07, 6.45) is 4.56. The number of carbonyl (C=O) groups is 1. The topological polar surface area (TPSA) is 61.4 Å². The number of aliphatic hydroxyl groups excluding tert-OH is 1. The molecule has 2 amide bonds. The molecule has 1 aliphatic carbocycles. The van der Waals surface area contributed by atoms with E-state index in [0.717, 1.165) is 37.7 Å². The molecule has 0 aromatic heterocycles. The van der Waals surface area contributed by atoms with Crippen molar-refractivity contribution < 1.29 is 9.90 Å². The molecule has 1 aromatic carbocycles. The molecule has 0 heterocycles. The van der Waals surface area contributed by atoms with Gasteiger partial charge in [-0.15, -0.1) is 0 Å². The molecule has 1 fully saturated rings. The summed E-state index contributed by atoms with van der Waals surface area (Å²) < 4.78 is 0. The molecule has 0 saturated heterocycles. The second kappa shape index (κ2) is 6.95. The lowest BCUT2D eigenvalue weighted by Crippen LogP contribution is -2.53. The fourth-order valence-corrected chi connectivity index (χ4v) is 2.89. The minimum atomic E-state index is -0.417. The molecule has 0 unspecified atom stereocenters. The Balaban J connectivity index is 1.75. The van der Waals surface area contributed by atoms with E-state index >= 15 is 0 Å². The first-order chi connectivity index (χ1) is 9.63. The zero-order valence-corrected chi connectivity index (χ0v) is 12.2. The minimum Gasteiger partial charge on any atom is -0.394 e. The molecule has 1 aliphatic rings. The summed E-state index contributed by atoms with van der Waals surface area (Å²) in [5.41, 5.74) is 0.677. The van der Waals surface area contributed by atoms with E-state index in [-0.39, 0.29) is 12.6 Å². The van der Waals surface area contributed by atoms with Gasteiger partial charge >= 0.3 is 6.03 Å². The minimum absolute atomic E-state index is 0.00864. The summed E-state index contributed by atoms with van der Waals surface area (Å²) in [4.78, 5) is 11.9. The predicted molar refractivity (Wildman–Crippen MR) is 80.0 cm³/mol. The van der Waals surface area contributed by atoms with Crippen molar-refractivity contribution in [3.05, 3.63) is 34.9 Å². The lowest BCUT2D eigenvalue weighted by molar-refractivity contribution is 0.163. The Labute approximate surface area is 124 Å². The number of rotatable bonds is 5. The average molecular weight is 297 g/mol. The summed E-state index contributed by atoms with van der Waals surface area (Å²) in [5.74, 6) is 0. The van der Waals surface area contributed by atoms with Crippen LogP contribution in [0.15, 0.2) is 24.3 Å². The molecule has 20 heavy (non-hydrogen) atoms. The highest BCUT2D eigenvalue weighted by molar-refractivity contribution is 6.30. The number of amides is 2. The molecule has 0 radical (unpaired) electrons. The number of carbonyl (C=O) groups excluding carboxylic acids is 1. The predicted octanol–water partition coefficient (Wildman–Crippen LogP) is 2.49. The summed E-state index contributed by atoms with van der Waals surface area (Å²) in [6, 6.07) is 7.40. The van der Waals surface area contributed by atoms with E-state index in [1.54, 1.807) is 0 Å². The first kappa shape index (κ1) is 15.1. The van der Waals surface area contributed by atoms with Gasteiger partial charge in [0.2, 0.25) is 0 Å². The van der Waals surface area contributed by atoms with Gasteiger partial charge in [-0.05, 0) is 37.0 Å². The number of hydrogen-bond acceptors (Lipinski definition) is 2. The van der Waals surface area contributed by atoms with E-state index in [4.69, 9.17) is 11.6 Å². The van der Waals surface area contributed by atoms with Gasteiger partial charge in [0.1, 0.15) is 0 Å². The van der Waals surface area contributed by atoms with Crippen LogP contribution in [0.4, 0.5) is 4.79 Å². The van der Waals surface area contributed by atoms with Crippen LogP contribution in [-0.4, -0.2) is 29.8 Å². The van der Waals surface area contributed by atoms with E-state index in [1.165, 1.54) is 0 Å². The van der Waals surface area contributed by atoms with Gasteiger partial charge in [-0.25, -0.2) is 4.79 Å². The highest BCUT2D eigenvalue weighted by Gasteiger charge is 2.34. The van der Waals surface area contributed by atoms with Crippen LogP contribution in [0.2, 0.25) is 5.02 Å². The third-order valence-corrected chi connectivity index (χ3v) is 4.07. The van der Waals surface area contributed by atoms with Gasteiger partial charge in [0.05, 0.1) is 12.1 Å². The van der Waals surface area contributed by atoms with E-state index in [0.29, 0.717) is 11.6 Å². The molecular weight excluding hydrogens is 276 g/mol. The number of aliphatic hydroxyl groups is 1. The highest BCUT2D eigenvalue weighted by Crippen LogP contribution is 2.28.